The maximum Gasteiger partial charge on any atom is 0.475 e. The van der Waals surface area contributed by atoms with Gasteiger partial charge in [0, 0.05) is 0 Å². The maximum absolute atomic E-state index is 11.5. The van der Waals surface area contributed by atoms with Gasteiger partial charge in [0.05, 0.1) is 19.3 Å². The SMILES string of the molecule is CCCOP(=O)(OCC)OCC#N. The summed E-state index contributed by atoms with van der Waals surface area (Å²) in [6.45, 7) is 3.79. The van der Waals surface area contributed by atoms with Crippen molar-refractivity contribution < 1.29 is 18.1 Å². The molecule has 13 heavy (non-hydrogen) atoms. The van der Waals surface area contributed by atoms with E-state index in [9.17, 15) is 4.57 Å². The standard InChI is InChI=1S/C7H14NO4P/c1-3-6-11-13(9,10-4-2)12-7-5-8/h3-4,6-7H2,1-2H3. The highest BCUT2D eigenvalue weighted by atomic mass is 31.2. The summed E-state index contributed by atoms with van der Waals surface area (Å²) in [4.78, 5) is 0. The lowest BCUT2D eigenvalue weighted by Gasteiger charge is -2.14. The van der Waals surface area contributed by atoms with Crippen LogP contribution >= 0.6 is 7.82 Å². The summed E-state index contributed by atoms with van der Waals surface area (Å²) in [5.41, 5.74) is 0. The second kappa shape index (κ2) is 7.05. The molecule has 0 aliphatic carbocycles. The first-order valence-corrected chi connectivity index (χ1v) is 5.55. The predicted molar refractivity (Wildman–Crippen MR) is 47.0 cm³/mol. The molecule has 0 heterocycles. The fourth-order valence-corrected chi connectivity index (χ4v) is 1.74. The molecule has 5 nitrogen and oxygen atoms in total. The predicted octanol–water partition coefficient (Wildman–Crippen LogP) is 2.10. The van der Waals surface area contributed by atoms with Crippen LogP contribution in [-0.4, -0.2) is 19.8 Å². The number of nitriles is 1. The van der Waals surface area contributed by atoms with E-state index >= 15 is 0 Å². The van der Waals surface area contributed by atoms with E-state index in [1.165, 1.54) is 0 Å². The average Bonchev–Trinajstić information content (AvgIpc) is 2.12. The summed E-state index contributed by atoms with van der Waals surface area (Å²) < 4.78 is 25.9. The zero-order valence-corrected chi connectivity index (χ0v) is 8.75. The van der Waals surface area contributed by atoms with E-state index in [0.29, 0.717) is 13.0 Å². The molecule has 0 fully saturated rings. The van der Waals surface area contributed by atoms with Crippen molar-refractivity contribution >= 4 is 7.82 Å². The molecule has 0 N–H and O–H groups in total. The van der Waals surface area contributed by atoms with Crippen molar-refractivity contribution in [3.63, 3.8) is 0 Å². The van der Waals surface area contributed by atoms with Gasteiger partial charge in [-0.15, -0.1) is 0 Å². The van der Waals surface area contributed by atoms with Crippen LogP contribution in [0.1, 0.15) is 20.3 Å². The minimum absolute atomic E-state index is 0.229. The molecule has 0 aliphatic rings. The van der Waals surface area contributed by atoms with Crippen LogP contribution in [0.2, 0.25) is 0 Å². The Bertz CT molecular complexity index is 213. The molecule has 1 atom stereocenters. The largest absolute Gasteiger partial charge is 0.475 e. The van der Waals surface area contributed by atoms with Gasteiger partial charge in [-0.05, 0) is 13.3 Å². The molecule has 0 aromatic rings. The summed E-state index contributed by atoms with van der Waals surface area (Å²) in [6.07, 6.45) is 0.715. The molecule has 0 aromatic carbocycles. The molecule has 0 rings (SSSR count). The lowest BCUT2D eigenvalue weighted by Crippen LogP contribution is -2.01. The van der Waals surface area contributed by atoms with Crippen molar-refractivity contribution in [2.24, 2.45) is 0 Å². The van der Waals surface area contributed by atoms with Gasteiger partial charge in [-0.25, -0.2) is 4.57 Å². The second-order valence-corrected chi connectivity index (χ2v) is 3.80. The Morgan fingerprint density at radius 2 is 2.00 bits per heavy atom. The van der Waals surface area contributed by atoms with Crippen LogP contribution in [0, 0.1) is 11.3 Å². The van der Waals surface area contributed by atoms with E-state index in [0.717, 1.165) is 0 Å². The van der Waals surface area contributed by atoms with Crippen molar-refractivity contribution in [2.45, 2.75) is 20.3 Å². The van der Waals surface area contributed by atoms with E-state index < -0.39 is 7.82 Å². The van der Waals surface area contributed by atoms with Crippen LogP contribution in [0.3, 0.4) is 0 Å². The van der Waals surface area contributed by atoms with Crippen LogP contribution in [0.25, 0.3) is 0 Å². The first kappa shape index (κ1) is 12.6. The van der Waals surface area contributed by atoms with E-state index in [1.54, 1.807) is 13.0 Å². The number of rotatable bonds is 7. The van der Waals surface area contributed by atoms with Crippen LogP contribution in [-0.2, 0) is 18.1 Å². The lowest BCUT2D eigenvalue weighted by molar-refractivity contribution is 0.127. The van der Waals surface area contributed by atoms with Gasteiger partial charge in [0.15, 0.2) is 0 Å². The summed E-state index contributed by atoms with van der Waals surface area (Å²) >= 11 is 0. The summed E-state index contributed by atoms with van der Waals surface area (Å²) in [7, 11) is -3.47. The number of hydrogen-bond donors (Lipinski definition) is 0. The third-order valence-corrected chi connectivity index (χ3v) is 2.55. The zero-order chi connectivity index (χ0) is 10.2. The highest BCUT2D eigenvalue weighted by Crippen LogP contribution is 2.49. The van der Waals surface area contributed by atoms with Crippen molar-refractivity contribution in [2.75, 3.05) is 19.8 Å². The van der Waals surface area contributed by atoms with Crippen LogP contribution < -0.4 is 0 Å². The van der Waals surface area contributed by atoms with Crippen LogP contribution in [0.4, 0.5) is 0 Å². The summed E-state index contributed by atoms with van der Waals surface area (Å²) in [5.74, 6) is 0. The van der Waals surface area contributed by atoms with Crippen LogP contribution in [0.15, 0.2) is 0 Å². The van der Waals surface area contributed by atoms with Gasteiger partial charge in [-0.3, -0.25) is 13.6 Å². The fraction of sp³-hybridized carbons (Fsp3) is 0.857. The topological polar surface area (TPSA) is 68.6 Å². The highest BCUT2D eigenvalue weighted by Gasteiger charge is 2.25. The highest BCUT2D eigenvalue weighted by molar-refractivity contribution is 7.48. The van der Waals surface area contributed by atoms with Crippen molar-refractivity contribution in [1.29, 1.82) is 5.26 Å². The maximum atomic E-state index is 11.5. The monoisotopic (exact) mass is 207 g/mol. The van der Waals surface area contributed by atoms with E-state index in [2.05, 4.69) is 4.52 Å². The molecule has 1 unspecified atom stereocenters. The number of phosphoric ester groups is 1. The Balaban J connectivity index is 4.01. The Morgan fingerprint density at radius 3 is 2.46 bits per heavy atom. The third kappa shape index (κ3) is 5.78. The molecule has 0 bridgehead atoms. The van der Waals surface area contributed by atoms with Gasteiger partial charge in [0.25, 0.3) is 0 Å². The molecule has 0 aliphatic heterocycles. The summed E-state index contributed by atoms with van der Waals surface area (Å²) in [6, 6.07) is 1.70. The van der Waals surface area contributed by atoms with Gasteiger partial charge in [-0.2, -0.15) is 5.26 Å². The molecule has 0 spiro atoms. The lowest BCUT2D eigenvalue weighted by atomic mass is 10.5. The number of nitrogens with zero attached hydrogens (tertiary/aromatic N) is 1. The van der Waals surface area contributed by atoms with Crippen molar-refractivity contribution in [3.05, 3.63) is 0 Å². The van der Waals surface area contributed by atoms with Gasteiger partial charge in [0.1, 0.15) is 6.61 Å². The Hall–Kier alpha value is -0.400. The van der Waals surface area contributed by atoms with E-state index in [1.807, 2.05) is 6.92 Å². The Morgan fingerprint density at radius 1 is 1.31 bits per heavy atom. The molecule has 0 radical (unpaired) electrons. The smallest absolute Gasteiger partial charge is 0.287 e. The number of hydrogen-bond acceptors (Lipinski definition) is 5. The molecule has 0 aromatic heterocycles. The van der Waals surface area contributed by atoms with E-state index in [4.69, 9.17) is 14.3 Å². The Kier molecular flexibility index (Phi) is 6.83. The third-order valence-electron chi connectivity index (χ3n) is 1.03. The molecule has 76 valence electrons. The van der Waals surface area contributed by atoms with Crippen LogP contribution in [0.5, 0.6) is 0 Å². The zero-order valence-electron chi connectivity index (χ0n) is 7.86. The van der Waals surface area contributed by atoms with E-state index in [-0.39, 0.29) is 13.2 Å². The number of phosphoric acid groups is 1. The van der Waals surface area contributed by atoms with Crippen molar-refractivity contribution in [3.8, 4) is 6.07 Å². The fourth-order valence-electron chi connectivity index (χ4n) is 0.581. The summed E-state index contributed by atoms with van der Waals surface area (Å²) in [5, 5.41) is 8.22. The second-order valence-electron chi connectivity index (χ2n) is 2.13. The first-order valence-electron chi connectivity index (χ1n) is 4.09. The quantitative estimate of drug-likeness (QED) is 0.598. The van der Waals surface area contributed by atoms with Gasteiger partial charge in [0.2, 0.25) is 0 Å². The van der Waals surface area contributed by atoms with Gasteiger partial charge < -0.3 is 0 Å². The minimum atomic E-state index is -3.47. The van der Waals surface area contributed by atoms with Crippen molar-refractivity contribution in [1.82, 2.24) is 0 Å². The Labute approximate surface area is 78.2 Å². The first-order chi connectivity index (χ1) is 6.18. The molecule has 6 heteroatoms. The molecular formula is C7H14NO4P. The van der Waals surface area contributed by atoms with Gasteiger partial charge >= 0.3 is 7.82 Å². The normalized spacial score (nSPS) is 14.8. The molecule has 0 saturated heterocycles. The minimum Gasteiger partial charge on any atom is -0.287 e. The van der Waals surface area contributed by atoms with Gasteiger partial charge in [-0.1, -0.05) is 6.92 Å². The molecule has 0 amide bonds. The molecular weight excluding hydrogens is 193 g/mol. The molecule has 0 saturated carbocycles. The average molecular weight is 207 g/mol.